The Bertz CT molecular complexity index is 431. The van der Waals surface area contributed by atoms with Gasteiger partial charge >= 0.3 is 6.18 Å². The lowest BCUT2D eigenvalue weighted by molar-refractivity contribution is -0.154. The number of alkyl halides is 3. The Morgan fingerprint density at radius 1 is 1.37 bits per heavy atom. The SMILES string of the molecule is CCN(CC)C(=O)c1cccnc1OCC(F)(F)F. The van der Waals surface area contributed by atoms with Crippen LogP contribution in [0.1, 0.15) is 24.2 Å². The van der Waals surface area contributed by atoms with E-state index in [2.05, 4.69) is 9.72 Å². The number of carbonyl (C=O) groups excluding carboxylic acids is 1. The number of rotatable bonds is 5. The van der Waals surface area contributed by atoms with Gasteiger partial charge in [0.25, 0.3) is 5.91 Å². The van der Waals surface area contributed by atoms with Crippen LogP contribution >= 0.6 is 0 Å². The molecule has 1 amide bonds. The van der Waals surface area contributed by atoms with Crippen LogP contribution in [0, 0.1) is 0 Å². The zero-order chi connectivity index (χ0) is 14.5. The summed E-state index contributed by atoms with van der Waals surface area (Å²) >= 11 is 0. The predicted molar refractivity (Wildman–Crippen MR) is 63.0 cm³/mol. The van der Waals surface area contributed by atoms with E-state index in [1.165, 1.54) is 23.2 Å². The van der Waals surface area contributed by atoms with Crippen LogP contribution in [0.4, 0.5) is 13.2 Å². The van der Waals surface area contributed by atoms with Crippen molar-refractivity contribution in [1.29, 1.82) is 0 Å². The molecule has 0 unspecified atom stereocenters. The van der Waals surface area contributed by atoms with E-state index in [-0.39, 0.29) is 11.4 Å². The largest absolute Gasteiger partial charge is 0.467 e. The van der Waals surface area contributed by atoms with Crippen molar-refractivity contribution in [2.24, 2.45) is 0 Å². The average Bonchev–Trinajstić information content (AvgIpc) is 2.37. The first kappa shape index (κ1) is 15.3. The lowest BCUT2D eigenvalue weighted by atomic mass is 10.2. The minimum atomic E-state index is -4.47. The van der Waals surface area contributed by atoms with E-state index in [1.54, 1.807) is 13.8 Å². The molecule has 0 aliphatic heterocycles. The molecule has 1 rings (SSSR count). The molecule has 0 spiro atoms. The second kappa shape index (κ2) is 6.40. The van der Waals surface area contributed by atoms with Gasteiger partial charge in [0.05, 0.1) is 0 Å². The topological polar surface area (TPSA) is 42.4 Å². The maximum absolute atomic E-state index is 12.1. The molecule has 0 atom stereocenters. The van der Waals surface area contributed by atoms with Crippen LogP contribution in [-0.2, 0) is 0 Å². The first-order chi connectivity index (χ1) is 8.89. The number of hydrogen-bond acceptors (Lipinski definition) is 3. The molecule has 19 heavy (non-hydrogen) atoms. The fraction of sp³-hybridized carbons (Fsp3) is 0.500. The summed E-state index contributed by atoms with van der Waals surface area (Å²) < 4.78 is 40.9. The van der Waals surface area contributed by atoms with Gasteiger partial charge in [-0.15, -0.1) is 0 Å². The average molecular weight is 276 g/mol. The Morgan fingerprint density at radius 2 is 2.00 bits per heavy atom. The number of aromatic nitrogens is 1. The Kier molecular flexibility index (Phi) is 5.14. The van der Waals surface area contributed by atoms with Gasteiger partial charge in [-0.3, -0.25) is 4.79 Å². The number of amides is 1. The molecule has 0 aliphatic rings. The van der Waals surface area contributed by atoms with Crippen molar-refractivity contribution in [2.75, 3.05) is 19.7 Å². The van der Waals surface area contributed by atoms with Crippen LogP contribution in [-0.4, -0.2) is 41.7 Å². The number of hydrogen-bond donors (Lipinski definition) is 0. The maximum Gasteiger partial charge on any atom is 0.422 e. The molecule has 1 heterocycles. The van der Waals surface area contributed by atoms with Gasteiger partial charge in [0, 0.05) is 19.3 Å². The van der Waals surface area contributed by atoms with E-state index in [4.69, 9.17) is 0 Å². The van der Waals surface area contributed by atoms with Crippen LogP contribution in [0.25, 0.3) is 0 Å². The van der Waals surface area contributed by atoms with Crippen molar-refractivity contribution < 1.29 is 22.7 Å². The van der Waals surface area contributed by atoms with Crippen LogP contribution in [0.3, 0.4) is 0 Å². The first-order valence-electron chi connectivity index (χ1n) is 5.82. The highest BCUT2D eigenvalue weighted by Crippen LogP contribution is 2.21. The van der Waals surface area contributed by atoms with E-state index in [0.29, 0.717) is 13.1 Å². The van der Waals surface area contributed by atoms with Crippen molar-refractivity contribution >= 4 is 5.91 Å². The molecule has 7 heteroatoms. The molecule has 0 saturated heterocycles. The Labute approximate surface area is 109 Å². The second-order valence-corrected chi connectivity index (χ2v) is 3.74. The van der Waals surface area contributed by atoms with E-state index in [9.17, 15) is 18.0 Å². The summed E-state index contributed by atoms with van der Waals surface area (Å²) in [5.74, 6) is -0.688. The molecule has 0 radical (unpaired) electrons. The van der Waals surface area contributed by atoms with Gasteiger partial charge in [-0.25, -0.2) is 4.98 Å². The smallest absolute Gasteiger partial charge is 0.422 e. The van der Waals surface area contributed by atoms with Crippen LogP contribution in [0.2, 0.25) is 0 Å². The van der Waals surface area contributed by atoms with Gasteiger partial charge in [-0.2, -0.15) is 13.2 Å². The van der Waals surface area contributed by atoms with Gasteiger partial charge in [-0.1, -0.05) is 0 Å². The summed E-state index contributed by atoms with van der Waals surface area (Å²) in [6.07, 6.45) is -3.18. The Hall–Kier alpha value is -1.79. The number of ether oxygens (including phenoxy) is 1. The number of nitrogens with zero attached hydrogens (tertiary/aromatic N) is 2. The van der Waals surface area contributed by atoms with Crippen molar-refractivity contribution in [3.8, 4) is 5.88 Å². The molecule has 1 aromatic rings. The third-order valence-corrected chi connectivity index (χ3v) is 2.42. The molecule has 0 fully saturated rings. The van der Waals surface area contributed by atoms with Crippen molar-refractivity contribution in [3.05, 3.63) is 23.9 Å². The standard InChI is InChI=1S/C12H15F3N2O2/c1-3-17(4-2)11(18)9-6-5-7-16-10(9)19-8-12(13,14)15/h5-7H,3-4,8H2,1-2H3. The van der Waals surface area contributed by atoms with E-state index in [0.717, 1.165) is 0 Å². The Morgan fingerprint density at radius 3 is 2.53 bits per heavy atom. The summed E-state index contributed by atoms with van der Waals surface area (Å²) in [6, 6.07) is 2.89. The molecular formula is C12H15F3N2O2. The van der Waals surface area contributed by atoms with Gasteiger partial charge in [0.1, 0.15) is 5.56 Å². The first-order valence-corrected chi connectivity index (χ1v) is 5.82. The van der Waals surface area contributed by atoms with Gasteiger partial charge < -0.3 is 9.64 Å². The molecular weight excluding hydrogens is 261 g/mol. The summed E-state index contributed by atoms with van der Waals surface area (Å²) in [6.45, 7) is 3.02. The third kappa shape index (κ3) is 4.42. The summed E-state index contributed by atoms with van der Waals surface area (Å²) in [5, 5.41) is 0. The lowest BCUT2D eigenvalue weighted by Gasteiger charge is -2.20. The highest BCUT2D eigenvalue weighted by atomic mass is 19.4. The summed E-state index contributed by atoms with van der Waals surface area (Å²) in [7, 11) is 0. The van der Waals surface area contributed by atoms with E-state index >= 15 is 0 Å². The summed E-state index contributed by atoms with van der Waals surface area (Å²) in [5.41, 5.74) is 0.0375. The van der Waals surface area contributed by atoms with Crippen molar-refractivity contribution in [2.45, 2.75) is 20.0 Å². The fourth-order valence-electron chi connectivity index (χ4n) is 1.50. The molecule has 0 saturated carbocycles. The fourth-order valence-corrected chi connectivity index (χ4v) is 1.50. The summed E-state index contributed by atoms with van der Waals surface area (Å²) in [4.78, 5) is 17.2. The zero-order valence-corrected chi connectivity index (χ0v) is 10.7. The third-order valence-electron chi connectivity index (χ3n) is 2.42. The molecule has 0 aromatic carbocycles. The minimum absolute atomic E-state index is 0.0375. The molecule has 0 aliphatic carbocycles. The minimum Gasteiger partial charge on any atom is -0.467 e. The Balaban J connectivity index is 2.92. The number of pyridine rings is 1. The quantitative estimate of drug-likeness (QED) is 0.829. The molecule has 0 N–H and O–H groups in total. The van der Waals surface area contributed by atoms with Crippen LogP contribution < -0.4 is 4.74 Å². The van der Waals surface area contributed by atoms with Gasteiger partial charge in [0.15, 0.2) is 6.61 Å². The van der Waals surface area contributed by atoms with Crippen LogP contribution in [0.15, 0.2) is 18.3 Å². The van der Waals surface area contributed by atoms with Crippen molar-refractivity contribution in [3.63, 3.8) is 0 Å². The zero-order valence-electron chi connectivity index (χ0n) is 10.7. The van der Waals surface area contributed by atoms with E-state index in [1.807, 2.05) is 0 Å². The maximum atomic E-state index is 12.1. The van der Waals surface area contributed by atoms with Gasteiger partial charge in [0.2, 0.25) is 5.88 Å². The van der Waals surface area contributed by atoms with Crippen molar-refractivity contribution in [1.82, 2.24) is 9.88 Å². The molecule has 106 valence electrons. The molecule has 4 nitrogen and oxygen atoms in total. The highest BCUT2D eigenvalue weighted by Gasteiger charge is 2.30. The van der Waals surface area contributed by atoms with Crippen LogP contribution in [0.5, 0.6) is 5.88 Å². The van der Waals surface area contributed by atoms with E-state index < -0.39 is 18.7 Å². The number of carbonyl (C=O) groups is 1. The van der Waals surface area contributed by atoms with Gasteiger partial charge in [-0.05, 0) is 26.0 Å². The number of halogens is 3. The monoisotopic (exact) mass is 276 g/mol. The second-order valence-electron chi connectivity index (χ2n) is 3.74. The molecule has 1 aromatic heterocycles. The molecule has 0 bridgehead atoms. The highest BCUT2D eigenvalue weighted by molar-refractivity contribution is 5.96. The lowest BCUT2D eigenvalue weighted by Crippen LogP contribution is -2.31. The normalized spacial score (nSPS) is 11.2. The predicted octanol–water partition coefficient (Wildman–Crippen LogP) is 2.50.